The Morgan fingerprint density at radius 2 is 1.59 bits per heavy atom. The average Bonchev–Trinajstić information content (AvgIpc) is 2.69. The monoisotopic (exact) mass is 437 g/mol. The Morgan fingerprint density at radius 1 is 1.03 bits per heavy atom. The van der Waals surface area contributed by atoms with Crippen LogP contribution in [0.5, 0.6) is 0 Å². The normalized spacial score (nSPS) is 15.7. The third kappa shape index (κ3) is 7.63. The van der Waals surface area contributed by atoms with E-state index < -0.39 is 6.04 Å². The van der Waals surface area contributed by atoms with E-state index in [9.17, 15) is 4.79 Å². The molecule has 0 saturated carbocycles. The summed E-state index contributed by atoms with van der Waals surface area (Å²) in [7, 11) is 0. The number of hydrogen-bond donors (Lipinski definition) is 2. The highest BCUT2D eigenvalue weighted by atomic mass is 35.5. The molecule has 0 spiro atoms. The van der Waals surface area contributed by atoms with Gasteiger partial charge in [0.05, 0.1) is 0 Å². The van der Waals surface area contributed by atoms with Crippen LogP contribution in [0.15, 0.2) is 48.5 Å². The first kappa shape index (κ1) is 25.4. The lowest BCUT2D eigenvalue weighted by Gasteiger charge is -2.30. The summed E-state index contributed by atoms with van der Waals surface area (Å²) in [6.07, 6.45) is 2.59. The van der Waals surface area contributed by atoms with E-state index in [4.69, 9.17) is 5.73 Å². The number of nitrogens with one attached hydrogen (secondary N) is 1. The fourth-order valence-electron chi connectivity index (χ4n) is 3.47. The van der Waals surface area contributed by atoms with Gasteiger partial charge in [0.15, 0.2) is 0 Å². The number of rotatable bonds is 6. The van der Waals surface area contributed by atoms with E-state index in [2.05, 4.69) is 41.4 Å². The van der Waals surface area contributed by atoms with Gasteiger partial charge in [0.1, 0.15) is 6.04 Å². The molecule has 0 aliphatic carbocycles. The van der Waals surface area contributed by atoms with E-state index in [-0.39, 0.29) is 30.7 Å². The number of carbonyl (C=O) groups excluding carboxylic acids is 1. The molecule has 0 aromatic heterocycles. The molecule has 1 heterocycles. The molecule has 1 fully saturated rings. The second kappa shape index (κ2) is 12.2. The maximum Gasteiger partial charge on any atom is 0.241 e. The number of carbonyl (C=O) groups is 1. The minimum absolute atomic E-state index is 0. The number of nitrogens with two attached hydrogens (primary N) is 1. The summed E-state index contributed by atoms with van der Waals surface area (Å²) in [5.74, 6) is 0.712. The van der Waals surface area contributed by atoms with Crippen LogP contribution in [0.25, 0.3) is 0 Å². The second-order valence-electron chi connectivity index (χ2n) is 7.88. The number of likely N-dealkylation sites (tertiary alicyclic amines) is 1. The molecule has 1 amide bonds. The van der Waals surface area contributed by atoms with E-state index >= 15 is 0 Å². The van der Waals surface area contributed by atoms with Crippen LogP contribution < -0.4 is 11.1 Å². The molecule has 1 aliphatic rings. The van der Waals surface area contributed by atoms with Gasteiger partial charge in [0.25, 0.3) is 0 Å². The summed E-state index contributed by atoms with van der Waals surface area (Å²) >= 11 is 0. The number of hydrogen-bond acceptors (Lipinski definition) is 3. The number of amides is 1. The highest BCUT2D eigenvalue weighted by molar-refractivity contribution is 5.85. The fraction of sp³-hybridized carbons (Fsp3) is 0.435. The Bertz CT molecular complexity index is 742. The molecule has 6 heteroatoms. The number of halogens is 2. The molecule has 1 saturated heterocycles. The Hall–Kier alpha value is -1.59. The SMILES string of the molecule is Cc1ccc(C(N)C(=O)NCc2ccc(CN3CCC(C)CC3)cc2)cc1.Cl.Cl. The van der Waals surface area contributed by atoms with E-state index in [1.807, 2.05) is 31.2 Å². The topological polar surface area (TPSA) is 58.4 Å². The van der Waals surface area contributed by atoms with Gasteiger partial charge >= 0.3 is 0 Å². The first-order valence-corrected chi connectivity index (χ1v) is 9.91. The second-order valence-corrected chi connectivity index (χ2v) is 7.88. The quantitative estimate of drug-likeness (QED) is 0.704. The van der Waals surface area contributed by atoms with E-state index in [1.165, 1.54) is 31.5 Å². The summed E-state index contributed by atoms with van der Waals surface area (Å²) in [5, 5.41) is 2.94. The van der Waals surface area contributed by atoms with Crippen molar-refractivity contribution in [2.75, 3.05) is 13.1 Å². The van der Waals surface area contributed by atoms with Crippen LogP contribution in [0.1, 0.15) is 48.1 Å². The van der Waals surface area contributed by atoms with Crippen molar-refractivity contribution in [1.82, 2.24) is 10.2 Å². The lowest BCUT2D eigenvalue weighted by molar-refractivity contribution is -0.122. The van der Waals surface area contributed by atoms with Gasteiger partial charge in [-0.05, 0) is 55.5 Å². The molecule has 1 atom stereocenters. The van der Waals surface area contributed by atoms with E-state index in [0.29, 0.717) is 6.54 Å². The van der Waals surface area contributed by atoms with Crippen LogP contribution in [0, 0.1) is 12.8 Å². The largest absolute Gasteiger partial charge is 0.350 e. The summed E-state index contributed by atoms with van der Waals surface area (Å²) in [6.45, 7) is 8.25. The number of benzene rings is 2. The molecule has 1 aliphatic heterocycles. The van der Waals surface area contributed by atoms with Crippen molar-refractivity contribution in [3.05, 3.63) is 70.8 Å². The predicted octanol–water partition coefficient (Wildman–Crippen LogP) is 4.39. The minimum Gasteiger partial charge on any atom is -0.350 e. The third-order valence-corrected chi connectivity index (χ3v) is 5.49. The summed E-state index contributed by atoms with van der Waals surface area (Å²) in [6, 6.07) is 15.7. The minimum atomic E-state index is -0.633. The van der Waals surface area contributed by atoms with Gasteiger partial charge in [-0.3, -0.25) is 9.69 Å². The Balaban J connectivity index is 0.00000210. The van der Waals surface area contributed by atoms with Crippen molar-refractivity contribution in [3.63, 3.8) is 0 Å². The van der Waals surface area contributed by atoms with E-state index in [1.54, 1.807) is 0 Å². The van der Waals surface area contributed by atoms with Crippen molar-refractivity contribution in [2.45, 2.75) is 45.8 Å². The zero-order chi connectivity index (χ0) is 19.2. The molecule has 2 aromatic rings. The molecule has 3 rings (SSSR count). The highest BCUT2D eigenvalue weighted by Gasteiger charge is 2.16. The van der Waals surface area contributed by atoms with Crippen molar-refractivity contribution >= 4 is 30.7 Å². The predicted molar refractivity (Wildman–Crippen MR) is 125 cm³/mol. The Kier molecular flexibility index (Phi) is 10.7. The van der Waals surface area contributed by atoms with Crippen LogP contribution in [0.2, 0.25) is 0 Å². The lowest BCUT2D eigenvalue weighted by Crippen LogP contribution is -2.33. The number of aryl methyl sites for hydroxylation is 1. The van der Waals surface area contributed by atoms with Crippen LogP contribution in [0.4, 0.5) is 0 Å². The van der Waals surface area contributed by atoms with Crippen LogP contribution in [0.3, 0.4) is 0 Å². The first-order chi connectivity index (χ1) is 13.0. The fourth-order valence-corrected chi connectivity index (χ4v) is 3.47. The molecular weight excluding hydrogens is 405 g/mol. The van der Waals surface area contributed by atoms with Crippen molar-refractivity contribution in [2.24, 2.45) is 11.7 Å². The number of piperidine rings is 1. The molecule has 29 heavy (non-hydrogen) atoms. The molecule has 4 nitrogen and oxygen atoms in total. The number of nitrogens with zero attached hydrogens (tertiary/aromatic N) is 1. The van der Waals surface area contributed by atoms with Gasteiger partial charge in [-0.25, -0.2) is 0 Å². The highest BCUT2D eigenvalue weighted by Crippen LogP contribution is 2.18. The molecule has 3 N–H and O–H groups in total. The molecule has 2 aromatic carbocycles. The zero-order valence-corrected chi connectivity index (χ0v) is 18.9. The van der Waals surface area contributed by atoms with Gasteiger partial charge in [0, 0.05) is 13.1 Å². The molecule has 1 unspecified atom stereocenters. The van der Waals surface area contributed by atoms with Gasteiger partial charge in [0.2, 0.25) is 5.91 Å². The van der Waals surface area contributed by atoms with Gasteiger partial charge in [-0.1, -0.05) is 61.0 Å². The Labute approximate surface area is 187 Å². The summed E-state index contributed by atoms with van der Waals surface area (Å²) in [5.41, 5.74) is 10.5. The maximum atomic E-state index is 12.3. The van der Waals surface area contributed by atoms with Gasteiger partial charge in [-0.2, -0.15) is 0 Å². The van der Waals surface area contributed by atoms with Crippen molar-refractivity contribution < 1.29 is 4.79 Å². The lowest BCUT2D eigenvalue weighted by atomic mass is 9.99. The molecule has 0 bridgehead atoms. The van der Waals surface area contributed by atoms with Crippen molar-refractivity contribution in [3.8, 4) is 0 Å². The summed E-state index contributed by atoms with van der Waals surface area (Å²) < 4.78 is 0. The smallest absolute Gasteiger partial charge is 0.241 e. The van der Waals surface area contributed by atoms with Crippen LogP contribution in [-0.2, 0) is 17.9 Å². The standard InChI is InChI=1S/C23H31N3O.2ClH/c1-17-3-9-21(10-4-17)22(24)23(27)25-15-19-5-7-20(8-6-19)16-26-13-11-18(2)12-14-26;;/h3-10,18,22H,11-16,24H2,1-2H3,(H,25,27);2*1H. The molecule has 0 radical (unpaired) electrons. The third-order valence-electron chi connectivity index (χ3n) is 5.49. The van der Waals surface area contributed by atoms with Gasteiger partial charge in [-0.15, -0.1) is 24.8 Å². The first-order valence-electron chi connectivity index (χ1n) is 9.91. The van der Waals surface area contributed by atoms with Crippen LogP contribution in [-0.4, -0.2) is 23.9 Å². The molecule has 160 valence electrons. The van der Waals surface area contributed by atoms with E-state index in [0.717, 1.165) is 29.2 Å². The van der Waals surface area contributed by atoms with Crippen molar-refractivity contribution in [1.29, 1.82) is 0 Å². The zero-order valence-electron chi connectivity index (χ0n) is 17.3. The summed E-state index contributed by atoms with van der Waals surface area (Å²) in [4.78, 5) is 14.8. The average molecular weight is 438 g/mol. The van der Waals surface area contributed by atoms with Crippen LogP contribution >= 0.6 is 24.8 Å². The Morgan fingerprint density at radius 3 is 2.17 bits per heavy atom. The maximum absolute atomic E-state index is 12.3. The van der Waals surface area contributed by atoms with Gasteiger partial charge < -0.3 is 11.1 Å². The molecular formula is C23H33Cl2N3O.